The highest BCUT2D eigenvalue weighted by molar-refractivity contribution is 5.10. The Bertz CT molecular complexity index is 149. The third-order valence-electron chi connectivity index (χ3n) is 4.36. The van der Waals surface area contributed by atoms with Gasteiger partial charge in [0, 0.05) is 0 Å². The van der Waals surface area contributed by atoms with Crippen molar-refractivity contribution in [3.05, 3.63) is 0 Å². The first kappa shape index (κ1) is 7.60. The Hall–Kier alpha value is -0.0400. The lowest BCUT2D eigenvalue weighted by molar-refractivity contribution is 0.0305. The Morgan fingerprint density at radius 3 is 1.82 bits per heavy atom. The summed E-state index contributed by atoms with van der Waals surface area (Å²) in [6, 6.07) is 0. The summed E-state index contributed by atoms with van der Waals surface area (Å²) in [7, 11) is 0. The van der Waals surface area contributed by atoms with Gasteiger partial charge in [-0.25, -0.2) is 0 Å². The minimum atomic E-state index is 0.611. The molecule has 0 radical (unpaired) electrons. The summed E-state index contributed by atoms with van der Waals surface area (Å²) < 4.78 is 0. The minimum Gasteiger partial charge on any atom is -0.330 e. The van der Waals surface area contributed by atoms with E-state index in [1.807, 2.05) is 0 Å². The lowest BCUT2D eigenvalue weighted by atomic mass is 9.57. The van der Waals surface area contributed by atoms with Crippen LogP contribution in [-0.2, 0) is 0 Å². The third-order valence-corrected chi connectivity index (χ3v) is 4.36. The molecule has 0 aromatic heterocycles. The van der Waals surface area contributed by atoms with Crippen LogP contribution in [0, 0.1) is 10.8 Å². The van der Waals surface area contributed by atoms with Gasteiger partial charge in [0.05, 0.1) is 0 Å². The van der Waals surface area contributed by atoms with Gasteiger partial charge >= 0.3 is 0 Å². The summed E-state index contributed by atoms with van der Waals surface area (Å²) in [4.78, 5) is 0. The van der Waals surface area contributed by atoms with Gasteiger partial charge in [-0.2, -0.15) is 0 Å². The Morgan fingerprint density at radius 1 is 1.09 bits per heavy atom. The molecule has 0 aromatic rings. The molecule has 0 spiro atoms. The van der Waals surface area contributed by atoms with E-state index in [-0.39, 0.29) is 0 Å². The smallest absolute Gasteiger partial charge is 0.00152 e. The van der Waals surface area contributed by atoms with E-state index in [0.717, 1.165) is 6.54 Å². The number of rotatable bonds is 3. The molecule has 2 aliphatic carbocycles. The largest absolute Gasteiger partial charge is 0.330 e. The van der Waals surface area contributed by atoms with Crippen LogP contribution in [0.4, 0.5) is 0 Å². The molecule has 0 bridgehead atoms. The predicted molar refractivity (Wildman–Crippen MR) is 47.3 cm³/mol. The van der Waals surface area contributed by atoms with Gasteiger partial charge in [0.25, 0.3) is 0 Å². The Morgan fingerprint density at radius 2 is 1.73 bits per heavy atom. The molecule has 2 N–H and O–H groups in total. The Kier molecular flexibility index (Phi) is 1.54. The summed E-state index contributed by atoms with van der Waals surface area (Å²) in [5.41, 5.74) is 7.15. The first-order valence-electron chi connectivity index (χ1n) is 4.99. The van der Waals surface area contributed by atoms with Crippen molar-refractivity contribution in [1.82, 2.24) is 0 Å². The van der Waals surface area contributed by atoms with Crippen LogP contribution in [0.1, 0.15) is 45.4 Å². The molecule has 11 heavy (non-hydrogen) atoms. The van der Waals surface area contributed by atoms with Crippen molar-refractivity contribution in [2.75, 3.05) is 6.54 Å². The fourth-order valence-corrected chi connectivity index (χ4v) is 2.96. The molecule has 0 aliphatic heterocycles. The van der Waals surface area contributed by atoms with Crippen LogP contribution in [-0.4, -0.2) is 6.54 Å². The zero-order valence-corrected chi connectivity index (χ0v) is 7.53. The van der Waals surface area contributed by atoms with Crippen molar-refractivity contribution >= 4 is 0 Å². The molecule has 0 unspecified atom stereocenters. The van der Waals surface area contributed by atoms with Crippen LogP contribution in [0.3, 0.4) is 0 Å². The number of nitrogens with two attached hydrogens (primary N) is 1. The molecular weight excluding hydrogens is 134 g/mol. The maximum Gasteiger partial charge on any atom is -0.00152 e. The number of hydrogen-bond acceptors (Lipinski definition) is 1. The van der Waals surface area contributed by atoms with Crippen LogP contribution in [0.2, 0.25) is 0 Å². The maximum absolute atomic E-state index is 5.84. The molecule has 1 nitrogen and oxygen atoms in total. The second-order valence-corrected chi connectivity index (χ2v) is 4.47. The van der Waals surface area contributed by atoms with Crippen LogP contribution < -0.4 is 5.73 Å². The van der Waals surface area contributed by atoms with Crippen molar-refractivity contribution in [3.8, 4) is 0 Å². The summed E-state index contributed by atoms with van der Waals surface area (Å²) in [6.07, 6.45) is 8.57. The van der Waals surface area contributed by atoms with E-state index in [9.17, 15) is 0 Å². The summed E-state index contributed by atoms with van der Waals surface area (Å²) >= 11 is 0. The monoisotopic (exact) mass is 153 g/mol. The normalized spacial score (nSPS) is 31.1. The zero-order valence-electron chi connectivity index (χ0n) is 7.53. The molecule has 0 saturated heterocycles. The topological polar surface area (TPSA) is 26.0 Å². The van der Waals surface area contributed by atoms with Crippen LogP contribution in [0.15, 0.2) is 0 Å². The van der Waals surface area contributed by atoms with E-state index in [4.69, 9.17) is 5.73 Å². The molecule has 2 saturated carbocycles. The van der Waals surface area contributed by atoms with Gasteiger partial charge < -0.3 is 5.73 Å². The van der Waals surface area contributed by atoms with E-state index in [1.165, 1.54) is 38.5 Å². The molecule has 1 heteroatoms. The van der Waals surface area contributed by atoms with Crippen LogP contribution in [0.5, 0.6) is 0 Å². The second-order valence-electron chi connectivity index (χ2n) is 4.47. The van der Waals surface area contributed by atoms with Crippen molar-refractivity contribution in [2.45, 2.75) is 45.4 Å². The van der Waals surface area contributed by atoms with Crippen LogP contribution >= 0.6 is 0 Å². The molecule has 2 fully saturated rings. The van der Waals surface area contributed by atoms with Gasteiger partial charge in [0.1, 0.15) is 0 Å². The molecule has 0 heterocycles. The van der Waals surface area contributed by atoms with Crippen molar-refractivity contribution in [3.63, 3.8) is 0 Å². The van der Waals surface area contributed by atoms with Crippen LogP contribution in [0.25, 0.3) is 0 Å². The predicted octanol–water partition coefficient (Wildman–Crippen LogP) is 2.31. The van der Waals surface area contributed by atoms with Crippen molar-refractivity contribution in [1.29, 1.82) is 0 Å². The van der Waals surface area contributed by atoms with E-state index in [0.29, 0.717) is 10.8 Å². The molecule has 2 rings (SSSR count). The lowest BCUT2D eigenvalue weighted by Gasteiger charge is -2.48. The standard InChI is InChI=1S/C10H19N/c1-2-9(4-3-5-9)10(8-11)6-7-10/h2-8,11H2,1H3. The first-order valence-corrected chi connectivity index (χ1v) is 4.99. The molecule has 0 aromatic carbocycles. The second kappa shape index (κ2) is 2.22. The van der Waals surface area contributed by atoms with E-state index >= 15 is 0 Å². The van der Waals surface area contributed by atoms with E-state index in [2.05, 4.69) is 6.92 Å². The SMILES string of the molecule is CCC1(C2(CN)CC2)CCC1. The number of hydrogen-bond donors (Lipinski definition) is 1. The van der Waals surface area contributed by atoms with Crippen molar-refractivity contribution in [2.24, 2.45) is 16.6 Å². The quantitative estimate of drug-likeness (QED) is 0.661. The first-order chi connectivity index (χ1) is 5.29. The summed E-state index contributed by atoms with van der Waals surface area (Å²) in [5, 5.41) is 0. The maximum atomic E-state index is 5.84. The molecule has 0 atom stereocenters. The van der Waals surface area contributed by atoms with E-state index in [1.54, 1.807) is 0 Å². The van der Waals surface area contributed by atoms with Gasteiger partial charge in [0.15, 0.2) is 0 Å². The fraction of sp³-hybridized carbons (Fsp3) is 1.00. The van der Waals surface area contributed by atoms with E-state index < -0.39 is 0 Å². The van der Waals surface area contributed by atoms with Crippen molar-refractivity contribution < 1.29 is 0 Å². The highest BCUT2D eigenvalue weighted by atomic mass is 14.7. The Balaban J connectivity index is 2.11. The molecular formula is C10H19N. The third kappa shape index (κ3) is 0.807. The van der Waals surface area contributed by atoms with Gasteiger partial charge in [-0.05, 0) is 49.5 Å². The van der Waals surface area contributed by atoms with Gasteiger partial charge in [-0.3, -0.25) is 0 Å². The van der Waals surface area contributed by atoms with Gasteiger partial charge in [-0.15, -0.1) is 0 Å². The average Bonchev–Trinajstić information content (AvgIpc) is 2.68. The average molecular weight is 153 g/mol. The highest BCUT2D eigenvalue weighted by Gasteiger charge is 2.59. The lowest BCUT2D eigenvalue weighted by Crippen LogP contribution is -2.42. The van der Waals surface area contributed by atoms with Gasteiger partial charge in [0.2, 0.25) is 0 Å². The molecule has 64 valence electrons. The summed E-state index contributed by atoms with van der Waals surface area (Å²) in [6.45, 7) is 3.29. The zero-order chi connectivity index (χ0) is 7.95. The minimum absolute atomic E-state index is 0.611. The molecule has 0 amide bonds. The fourth-order valence-electron chi connectivity index (χ4n) is 2.96. The molecule has 2 aliphatic rings. The summed E-state index contributed by atoms with van der Waals surface area (Å²) in [5.74, 6) is 0. The Labute approximate surface area is 69.4 Å². The highest BCUT2D eigenvalue weighted by Crippen LogP contribution is 2.67. The van der Waals surface area contributed by atoms with Gasteiger partial charge in [-0.1, -0.05) is 13.3 Å².